The van der Waals surface area contributed by atoms with Crippen molar-refractivity contribution < 1.29 is 18.0 Å². The van der Waals surface area contributed by atoms with Crippen LogP contribution in [-0.2, 0) is 19.6 Å². The van der Waals surface area contributed by atoms with E-state index < -0.39 is 21.0 Å². The molecule has 0 heterocycles. The van der Waals surface area contributed by atoms with Crippen molar-refractivity contribution >= 4 is 37.6 Å². The molecule has 4 aliphatic rings. The molecule has 0 aromatic heterocycles. The number of hydrogen-bond donors (Lipinski definition) is 1. The van der Waals surface area contributed by atoms with Crippen LogP contribution in [0.4, 0.5) is 0 Å². The second-order valence-corrected chi connectivity index (χ2v) is 13.5. The Morgan fingerprint density at radius 3 is 2.29 bits per heavy atom. The summed E-state index contributed by atoms with van der Waals surface area (Å²) in [6.07, 6.45) is 5.61. The predicted molar refractivity (Wildman–Crippen MR) is 122 cm³/mol. The number of primary amides is 1. The van der Waals surface area contributed by atoms with Gasteiger partial charge in [0.05, 0.1) is 15.8 Å². The molecule has 6 nitrogen and oxygen atoms in total. The Morgan fingerprint density at radius 1 is 1.16 bits per heavy atom. The number of benzene rings is 1. The molecule has 0 spiro atoms. The van der Waals surface area contributed by atoms with Crippen LogP contribution in [0.1, 0.15) is 58.8 Å². The van der Waals surface area contributed by atoms with Gasteiger partial charge in [0.1, 0.15) is 0 Å². The van der Waals surface area contributed by atoms with Gasteiger partial charge >= 0.3 is 0 Å². The summed E-state index contributed by atoms with van der Waals surface area (Å²) in [5.41, 5.74) is 3.89. The largest absolute Gasteiger partial charge is 0.369 e. The van der Waals surface area contributed by atoms with Crippen molar-refractivity contribution in [3.63, 3.8) is 0 Å². The molecule has 170 valence electrons. The van der Waals surface area contributed by atoms with Gasteiger partial charge in [0.2, 0.25) is 15.9 Å². The van der Waals surface area contributed by atoms with Gasteiger partial charge in [-0.1, -0.05) is 12.1 Å². The SMILES string of the molecule is CN(C(C)(C)C(=O)CC12CC3CC(C1)CC(C(N)=O)(C3)C2)S(=O)(=O)c1ccccc1Br. The van der Waals surface area contributed by atoms with E-state index in [1.54, 1.807) is 32.0 Å². The average Bonchev–Trinajstić information content (AvgIpc) is 2.66. The zero-order valence-electron chi connectivity index (χ0n) is 18.4. The number of ketones is 1. The van der Waals surface area contributed by atoms with Gasteiger partial charge in [-0.3, -0.25) is 9.59 Å². The van der Waals surface area contributed by atoms with Crippen LogP contribution in [0.25, 0.3) is 0 Å². The Balaban J connectivity index is 1.59. The molecule has 5 rings (SSSR count). The summed E-state index contributed by atoms with van der Waals surface area (Å²) in [7, 11) is -2.40. The van der Waals surface area contributed by atoms with Crippen molar-refractivity contribution in [1.82, 2.24) is 4.31 Å². The lowest BCUT2D eigenvalue weighted by molar-refractivity contribution is -0.159. The zero-order valence-corrected chi connectivity index (χ0v) is 20.8. The Bertz CT molecular complexity index is 1020. The van der Waals surface area contributed by atoms with E-state index in [0.717, 1.165) is 32.1 Å². The quantitative estimate of drug-likeness (QED) is 0.601. The zero-order chi connectivity index (χ0) is 22.8. The van der Waals surface area contributed by atoms with Gasteiger partial charge in [0, 0.05) is 17.9 Å². The van der Waals surface area contributed by atoms with E-state index in [-0.39, 0.29) is 28.4 Å². The monoisotopic (exact) mass is 510 g/mol. The summed E-state index contributed by atoms with van der Waals surface area (Å²) in [5.74, 6) is 0.538. The van der Waals surface area contributed by atoms with Gasteiger partial charge in [0.25, 0.3) is 0 Å². The first kappa shape index (κ1) is 22.9. The molecule has 4 fully saturated rings. The van der Waals surface area contributed by atoms with Crippen molar-refractivity contribution in [1.29, 1.82) is 0 Å². The summed E-state index contributed by atoms with van der Waals surface area (Å²) >= 11 is 3.31. The number of amides is 1. The van der Waals surface area contributed by atoms with Crippen molar-refractivity contribution in [2.45, 2.75) is 69.2 Å². The maximum atomic E-state index is 13.6. The predicted octanol–water partition coefficient (Wildman–Crippen LogP) is 3.88. The number of likely N-dealkylation sites (N-methyl/N-ethyl adjacent to an activating group) is 1. The molecular weight excluding hydrogens is 480 g/mol. The first-order valence-electron chi connectivity index (χ1n) is 10.9. The molecule has 2 unspecified atom stereocenters. The van der Waals surface area contributed by atoms with Crippen molar-refractivity contribution in [2.75, 3.05) is 7.05 Å². The summed E-state index contributed by atoms with van der Waals surface area (Å²) in [5, 5.41) is 0. The Morgan fingerprint density at radius 2 is 1.74 bits per heavy atom. The Labute approximate surface area is 193 Å². The van der Waals surface area contributed by atoms with E-state index in [2.05, 4.69) is 15.9 Å². The minimum Gasteiger partial charge on any atom is -0.369 e. The highest BCUT2D eigenvalue weighted by Gasteiger charge is 2.61. The second kappa shape index (κ2) is 7.39. The number of nitrogens with two attached hydrogens (primary N) is 1. The first-order valence-corrected chi connectivity index (χ1v) is 13.1. The van der Waals surface area contributed by atoms with Crippen LogP contribution in [0.3, 0.4) is 0 Å². The standard InChI is InChI=1S/C23H31BrN2O4S/c1-21(2,26(3)31(29,30)18-7-5-4-6-17(18)24)19(27)13-22-9-15-8-16(10-22)12-23(11-15,14-22)20(25)28/h4-7,15-16H,8-14H2,1-3H3,(H2,25,28). The molecule has 0 saturated heterocycles. The fourth-order valence-electron chi connectivity index (χ4n) is 6.78. The van der Waals surface area contributed by atoms with Crippen LogP contribution in [0.5, 0.6) is 0 Å². The molecule has 4 aliphatic carbocycles. The highest BCUT2D eigenvalue weighted by atomic mass is 79.9. The third kappa shape index (κ3) is 3.68. The number of carbonyl (C=O) groups is 2. The van der Waals surface area contributed by atoms with E-state index >= 15 is 0 Å². The van der Waals surface area contributed by atoms with Crippen LogP contribution in [0, 0.1) is 22.7 Å². The molecule has 0 aliphatic heterocycles. The van der Waals surface area contributed by atoms with E-state index in [1.165, 1.54) is 17.4 Å². The van der Waals surface area contributed by atoms with Gasteiger partial charge < -0.3 is 5.73 Å². The van der Waals surface area contributed by atoms with Crippen molar-refractivity contribution in [2.24, 2.45) is 28.4 Å². The molecule has 8 heteroatoms. The summed E-state index contributed by atoms with van der Waals surface area (Å²) in [6.45, 7) is 3.35. The van der Waals surface area contributed by atoms with Crippen molar-refractivity contribution in [3.8, 4) is 0 Å². The number of hydrogen-bond acceptors (Lipinski definition) is 4. The maximum absolute atomic E-state index is 13.6. The van der Waals surface area contributed by atoms with Gasteiger partial charge in [-0.2, -0.15) is 4.31 Å². The maximum Gasteiger partial charge on any atom is 0.244 e. The van der Waals surface area contributed by atoms with E-state index in [0.29, 0.717) is 22.7 Å². The van der Waals surface area contributed by atoms with E-state index in [1.807, 2.05) is 0 Å². The lowest BCUT2D eigenvalue weighted by Crippen LogP contribution is -2.59. The molecule has 1 aromatic rings. The molecule has 0 radical (unpaired) electrons. The first-order chi connectivity index (χ1) is 14.3. The normalized spacial score (nSPS) is 32.4. The van der Waals surface area contributed by atoms with Crippen LogP contribution >= 0.6 is 15.9 Å². The van der Waals surface area contributed by atoms with Gasteiger partial charge in [-0.15, -0.1) is 0 Å². The van der Waals surface area contributed by atoms with Crippen LogP contribution < -0.4 is 5.73 Å². The molecule has 4 bridgehead atoms. The van der Waals surface area contributed by atoms with E-state index in [9.17, 15) is 18.0 Å². The average molecular weight is 511 g/mol. The lowest BCUT2D eigenvalue weighted by Gasteiger charge is -2.61. The number of carbonyl (C=O) groups excluding carboxylic acids is 2. The number of nitrogens with zero attached hydrogens (tertiary/aromatic N) is 1. The van der Waals surface area contributed by atoms with Crippen LogP contribution in [-0.4, -0.2) is 37.0 Å². The fourth-order valence-corrected chi connectivity index (χ4v) is 9.24. The molecule has 2 atom stereocenters. The van der Waals surface area contributed by atoms with E-state index in [4.69, 9.17) is 5.73 Å². The Hall–Kier alpha value is -1.25. The molecular formula is C23H31BrN2O4S. The van der Waals surface area contributed by atoms with Gasteiger partial charge in [-0.05, 0) is 97.7 Å². The smallest absolute Gasteiger partial charge is 0.244 e. The van der Waals surface area contributed by atoms with Gasteiger partial charge in [-0.25, -0.2) is 8.42 Å². The second-order valence-electron chi connectivity index (χ2n) is 10.7. The number of sulfonamides is 1. The highest BCUT2D eigenvalue weighted by Crippen LogP contribution is 2.66. The number of halogens is 1. The van der Waals surface area contributed by atoms with Gasteiger partial charge in [0.15, 0.2) is 5.78 Å². The summed E-state index contributed by atoms with van der Waals surface area (Å²) < 4.78 is 28.2. The van der Waals surface area contributed by atoms with Crippen LogP contribution in [0.15, 0.2) is 33.6 Å². The molecule has 4 saturated carbocycles. The minimum atomic E-state index is -3.87. The third-order valence-corrected chi connectivity index (χ3v) is 11.2. The molecule has 31 heavy (non-hydrogen) atoms. The number of Topliss-reactive ketones (excluding diaryl/α,β-unsaturated/α-hetero) is 1. The van der Waals surface area contributed by atoms with Crippen molar-refractivity contribution in [3.05, 3.63) is 28.7 Å². The minimum absolute atomic E-state index is 0.104. The van der Waals surface area contributed by atoms with Crippen LogP contribution in [0.2, 0.25) is 0 Å². The summed E-state index contributed by atoms with van der Waals surface area (Å²) in [4.78, 5) is 26.1. The number of rotatable bonds is 7. The molecule has 2 N–H and O–H groups in total. The summed E-state index contributed by atoms with van der Waals surface area (Å²) in [6, 6.07) is 6.63. The third-order valence-electron chi connectivity index (χ3n) is 8.19. The molecule has 1 amide bonds. The topological polar surface area (TPSA) is 97.5 Å². The fraction of sp³-hybridized carbons (Fsp3) is 0.652. The highest BCUT2D eigenvalue weighted by molar-refractivity contribution is 9.10. The lowest BCUT2D eigenvalue weighted by atomic mass is 9.43. The Kier molecular flexibility index (Phi) is 5.46. The molecule has 1 aromatic carbocycles.